The molecule has 1 spiro atoms. The number of benzene rings is 2. The van der Waals surface area contributed by atoms with Crippen LogP contribution in [0.25, 0.3) is 0 Å². The zero-order chi connectivity index (χ0) is 28.9. The third kappa shape index (κ3) is 3.94. The Hall–Kier alpha value is -2.79. The summed E-state index contributed by atoms with van der Waals surface area (Å²) in [6, 6.07) is 8.75. The number of rotatable bonds is 7. The molecule has 218 valence electrons. The summed E-state index contributed by atoms with van der Waals surface area (Å²) in [7, 11) is -4.17. The van der Waals surface area contributed by atoms with E-state index in [1.807, 2.05) is 19.9 Å². The van der Waals surface area contributed by atoms with Gasteiger partial charge in [0.15, 0.2) is 11.5 Å². The van der Waals surface area contributed by atoms with Crippen molar-refractivity contribution in [2.24, 2.45) is 11.8 Å². The largest absolute Gasteiger partial charge is 0.504 e. The monoisotopic (exact) mass is 599 g/mol. The molecule has 2 aliphatic heterocycles. The number of ether oxygens (including phenoxy) is 1. The molecule has 7 rings (SSSR count). The molecule has 2 heterocycles. The summed E-state index contributed by atoms with van der Waals surface area (Å²) >= 11 is 6.01. The number of phenolic OH excluding ortho intramolecular Hbond substituents is 1. The number of phenols is 1. The van der Waals surface area contributed by atoms with Crippen molar-refractivity contribution >= 4 is 27.5 Å². The molecule has 5 aliphatic rings. The van der Waals surface area contributed by atoms with Crippen LogP contribution in [-0.4, -0.2) is 60.2 Å². The van der Waals surface area contributed by atoms with Gasteiger partial charge in [-0.1, -0.05) is 17.7 Å². The van der Waals surface area contributed by atoms with Gasteiger partial charge in [0.25, 0.3) is 10.0 Å². The number of halogens is 1. The molecule has 0 radical (unpaired) electrons. The van der Waals surface area contributed by atoms with Crippen molar-refractivity contribution in [1.29, 1.82) is 0 Å². The maximum Gasteiger partial charge on any atom is 0.261 e. The molecular weight excluding hydrogens is 566 g/mol. The number of piperidine rings is 1. The van der Waals surface area contributed by atoms with Gasteiger partial charge in [-0.15, -0.1) is 0 Å². The molecule has 0 aromatic heterocycles. The smallest absolute Gasteiger partial charge is 0.261 e. The average Bonchev–Trinajstić information content (AvgIpc) is 3.65. The maximum atomic E-state index is 13.8. The molecule has 1 unspecified atom stereocenters. The van der Waals surface area contributed by atoms with Crippen LogP contribution in [0.4, 0.5) is 0 Å². The van der Waals surface area contributed by atoms with Crippen LogP contribution in [0.3, 0.4) is 0 Å². The fourth-order valence-corrected chi connectivity index (χ4v) is 8.91. The summed E-state index contributed by atoms with van der Waals surface area (Å²) in [5.74, 6) is -0.465. The first-order valence-electron chi connectivity index (χ1n) is 14.3. The van der Waals surface area contributed by atoms with Crippen LogP contribution in [0.2, 0.25) is 5.02 Å². The lowest BCUT2D eigenvalue weighted by molar-refractivity contribution is -0.160. The lowest BCUT2D eigenvalue weighted by Gasteiger charge is -2.62. The number of sulfonamides is 1. The van der Waals surface area contributed by atoms with E-state index in [-0.39, 0.29) is 46.4 Å². The van der Waals surface area contributed by atoms with Gasteiger partial charge in [0.2, 0.25) is 5.91 Å². The molecular formula is C30H34ClN3O6S. The minimum atomic E-state index is -4.17. The van der Waals surface area contributed by atoms with E-state index >= 15 is 0 Å². The van der Waals surface area contributed by atoms with E-state index in [1.165, 1.54) is 37.1 Å². The molecule has 2 fully saturated rings. The normalized spacial score (nSPS) is 30.2. The molecule has 41 heavy (non-hydrogen) atoms. The van der Waals surface area contributed by atoms with Gasteiger partial charge >= 0.3 is 0 Å². The standard InChI is InChI=1S/C30H34ClN3O6S/c1-16(2)32-28(36)21-14-30(37)23-13-18-5-10-22(35)26-24(18)29(30,11-12-34(23)15-17-3-4-17)27(40-26)25(21)33-41(38,39)20-8-6-19(31)7-9-20/h5-10,16-17,21,23,33,35,37H,3-4,11-15H2,1-2H3,(H,32,36)/t21?,23-,29+,30-/m1/s1. The minimum absolute atomic E-state index is 0.0112. The molecule has 1 amide bonds. The number of nitrogens with zero attached hydrogens (tertiary/aromatic N) is 1. The molecule has 1 saturated carbocycles. The SMILES string of the molecule is CC(C)NC(=O)C1C[C@@]2(O)[C@H]3Cc4ccc(O)c5c4[C@@]2(CCN3CC2CC2)C(=C1NS(=O)(=O)c1ccc(Cl)cc1)O5. The van der Waals surface area contributed by atoms with Crippen molar-refractivity contribution in [3.63, 3.8) is 0 Å². The molecule has 11 heteroatoms. The maximum absolute atomic E-state index is 13.8. The van der Waals surface area contributed by atoms with E-state index in [0.29, 0.717) is 35.9 Å². The van der Waals surface area contributed by atoms with E-state index < -0.39 is 32.9 Å². The van der Waals surface area contributed by atoms with Crippen molar-refractivity contribution in [2.45, 2.75) is 73.9 Å². The number of aliphatic hydroxyl groups is 1. The first kappa shape index (κ1) is 27.1. The second-order valence-corrected chi connectivity index (χ2v) is 14.6. The molecule has 2 aromatic carbocycles. The third-order valence-corrected chi connectivity index (χ3v) is 11.2. The topological polar surface area (TPSA) is 128 Å². The second kappa shape index (κ2) is 9.10. The van der Waals surface area contributed by atoms with Crippen LogP contribution < -0.4 is 14.8 Å². The van der Waals surface area contributed by atoms with Crippen LogP contribution in [0, 0.1) is 11.8 Å². The number of hydrogen-bond donors (Lipinski definition) is 4. The Morgan fingerprint density at radius 1 is 1.20 bits per heavy atom. The Balaban J connectivity index is 1.44. The summed E-state index contributed by atoms with van der Waals surface area (Å²) in [5, 5.41) is 27.2. The van der Waals surface area contributed by atoms with Crippen molar-refractivity contribution in [2.75, 3.05) is 13.1 Å². The number of nitrogens with one attached hydrogen (secondary N) is 2. The molecule has 2 aromatic rings. The predicted molar refractivity (Wildman–Crippen MR) is 152 cm³/mol. The van der Waals surface area contributed by atoms with Crippen molar-refractivity contribution in [3.05, 3.63) is 64.0 Å². The quantitative estimate of drug-likeness (QED) is 0.385. The molecule has 4 atom stereocenters. The van der Waals surface area contributed by atoms with Gasteiger partial charge in [-0.2, -0.15) is 0 Å². The molecule has 9 nitrogen and oxygen atoms in total. The third-order valence-electron chi connectivity index (χ3n) is 9.57. The molecule has 3 aliphatic carbocycles. The highest BCUT2D eigenvalue weighted by Gasteiger charge is 2.72. The first-order chi connectivity index (χ1) is 19.4. The summed E-state index contributed by atoms with van der Waals surface area (Å²) in [6.07, 6.45) is 3.37. The average molecular weight is 600 g/mol. The first-order valence-corrected chi connectivity index (χ1v) is 16.1. The number of likely N-dealkylation sites (tertiary alicyclic amines) is 1. The highest BCUT2D eigenvalue weighted by Crippen LogP contribution is 2.67. The fourth-order valence-electron chi connectivity index (χ4n) is 7.65. The van der Waals surface area contributed by atoms with Gasteiger partial charge in [-0.3, -0.25) is 14.4 Å². The van der Waals surface area contributed by atoms with Crippen LogP contribution in [-0.2, 0) is 26.7 Å². The van der Waals surface area contributed by atoms with Crippen molar-refractivity contribution in [3.8, 4) is 11.5 Å². The van der Waals surface area contributed by atoms with E-state index in [2.05, 4.69) is 14.9 Å². The van der Waals surface area contributed by atoms with E-state index in [4.69, 9.17) is 16.3 Å². The Morgan fingerprint density at radius 3 is 2.61 bits per heavy atom. The lowest BCUT2D eigenvalue weighted by Crippen LogP contribution is -2.74. The van der Waals surface area contributed by atoms with E-state index in [9.17, 15) is 23.4 Å². The van der Waals surface area contributed by atoms with Gasteiger partial charge in [0.1, 0.15) is 5.76 Å². The lowest BCUT2D eigenvalue weighted by atomic mass is 9.49. The van der Waals surface area contributed by atoms with E-state index in [0.717, 1.165) is 12.1 Å². The minimum Gasteiger partial charge on any atom is -0.504 e. The highest BCUT2D eigenvalue weighted by atomic mass is 35.5. The molecule has 2 bridgehead atoms. The number of hydrogen-bond acceptors (Lipinski definition) is 7. The Kier molecular flexibility index (Phi) is 6.01. The zero-order valence-electron chi connectivity index (χ0n) is 23.0. The summed E-state index contributed by atoms with van der Waals surface area (Å²) in [5.41, 5.74) is -0.751. The van der Waals surface area contributed by atoms with Crippen LogP contribution in [0.15, 0.2) is 52.7 Å². The van der Waals surface area contributed by atoms with Crippen LogP contribution in [0.5, 0.6) is 11.5 Å². The van der Waals surface area contributed by atoms with Crippen LogP contribution >= 0.6 is 11.6 Å². The zero-order valence-corrected chi connectivity index (χ0v) is 24.6. The fraction of sp³-hybridized carbons (Fsp3) is 0.500. The van der Waals surface area contributed by atoms with Gasteiger partial charge in [0, 0.05) is 29.2 Å². The second-order valence-electron chi connectivity index (χ2n) is 12.5. The number of amides is 1. The predicted octanol–water partition coefficient (Wildman–Crippen LogP) is 3.18. The number of aromatic hydroxyl groups is 1. The van der Waals surface area contributed by atoms with Crippen molar-refractivity contribution in [1.82, 2.24) is 14.9 Å². The molecule has 4 N–H and O–H groups in total. The van der Waals surface area contributed by atoms with Gasteiger partial charge in [-0.25, -0.2) is 8.42 Å². The van der Waals surface area contributed by atoms with E-state index in [1.54, 1.807) is 6.07 Å². The van der Waals surface area contributed by atoms with Gasteiger partial charge in [0.05, 0.1) is 27.5 Å². The van der Waals surface area contributed by atoms with Gasteiger partial charge < -0.3 is 20.3 Å². The van der Waals surface area contributed by atoms with Crippen molar-refractivity contribution < 1.29 is 28.2 Å². The summed E-state index contributed by atoms with van der Waals surface area (Å²) < 4.78 is 36.6. The van der Waals surface area contributed by atoms with Gasteiger partial charge in [-0.05, 0) is 94.3 Å². The number of carbonyl (C=O) groups excluding carboxylic acids is 1. The number of carbonyl (C=O) groups is 1. The Labute approximate surface area is 244 Å². The Bertz CT molecular complexity index is 1590. The highest BCUT2D eigenvalue weighted by molar-refractivity contribution is 7.89. The summed E-state index contributed by atoms with van der Waals surface area (Å²) in [4.78, 5) is 16.1. The molecule has 1 saturated heterocycles. The Morgan fingerprint density at radius 2 is 1.93 bits per heavy atom. The summed E-state index contributed by atoms with van der Waals surface area (Å²) in [6.45, 7) is 5.23. The van der Waals surface area contributed by atoms with Crippen LogP contribution in [0.1, 0.15) is 50.7 Å².